The van der Waals surface area contributed by atoms with Crippen LogP contribution in [0.15, 0.2) is 72.8 Å². The van der Waals surface area contributed by atoms with E-state index in [-0.39, 0.29) is 19.4 Å². The molecule has 0 bridgehead atoms. The van der Waals surface area contributed by atoms with Crippen molar-refractivity contribution in [2.24, 2.45) is 5.92 Å². The third-order valence-electron chi connectivity index (χ3n) is 7.39. The lowest BCUT2D eigenvalue weighted by molar-refractivity contribution is -0.179. The van der Waals surface area contributed by atoms with Gasteiger partial charge in [-0.15, -0.1) is 0 Å². The summed E-state index contributed by atoms with van der Waals surface area (Å²) in [6.07, 6.45) is 6.35. The van der Waals surface area contributed by atoms with Crippen LogP contribution in [0.25, 0.3) is 11.1 Å². The molecule has 1 unspecified atom stereocenters. The molecule has 0 saturated heterocycles. The van der Waals surface area contributed by atoms with Gasteiger partial charge in [-0.3, -0.25) is 0 Å². The number of alkyl halides is 3. The van der Waals surface area contributed by atoms with Crippen molar-refractivity contribution in [1.82, 2.24) is 0 Å². The molecule has 0 aromatic heterocycles. The highest BCUT2D eigenvalue weighted by molar-refractivity contribution is 5.64. The summed E-state index contributed by atoms with van der Waals surface area (Å²) in [6, 6.07) is 24.3. The third-order valence-corrected chi connectivity index (χ3v) is 7.39. The van der Waals surface area contributed by atoms with Crippen LogP contribution in [0.3, 0.4) is 0 Å². The van der Waals surface area contributed by atoms with Crippen LogP contribution < -0.4 is 9.47 Å². The SMILES string of the molecule is CCCCCCCCc1ccc(-c2ccc(OCc3ccc(OCCC(CCCC)C(F)(F)F)cc3)cc2)cc1. The minimum absolute atomic E-state index is 0.0201. The van der Waals surface area contributed by atoms with E-state index in [9.17, 15) is 13.2 Å². The van der Waals surface area contributed by atoms with E-state index >= 15 is 0 Å². The van der Waals surface area contributed by atoms with Gasteiger partial charge in [0.05, 0.1) is 12.5 Å². The smallest absolute Gasteiger partial charge is 0.391 e. The number of ether oxygens (including phenoxy) is 2. The van der Waals surface area contributed by atoms with Gasteiger partial charge >= 0.3 is 6.18 Å². The molecule has 3 aromatic carbocycles. The monoisotopic (exact) mass is 554 g/mol. The maximum absolute atomic E-state index is 13.2. The van der Waals surface area contributed by atoms with Crippen molar-refractivity contribution in [2.45, 2.75) is 97.3 Å². The van der Waals surface area contributed by atoms with E-state index in [1.807, 2.05) is 31.2 Å². The molecule has 0 radical (unpaired) electrons. The second kappa shape index (κ2) is 17.0. The van der Waals surface area contributed by atoms with E-state index in [2.05, 4.69) is 43.3 Å². The summed E-state index contributed by atoms with van der Waals surface area (Å²) in [5.74, 6) is 0.0531. The average molecular weight is 555 g/mol. The van der Waals surface area contributed by atoms with Crippen LogP contribution in [-0.2, 0) is 13.0 Å². The summed E-state index contributed by atoms with van der Waals surface area (Å²) in [5.41, 5.74) is 4.71. The Balaban J connectivity index is 1.40. The van der Waals surface area contributed by atoms with E-state index in [1.54, 1.807) is 12.1 Å². The van der Waals surface area contributed by atoms with Gasteiger partial charge in [0.15, 0.2) is 0 Å². The molecule has 0 N–H and O–H groups in total. The number of rotatable bonds is 18. The maximum Gasteiger partial charge on any atom is 0.391 e. The molecule has 0 aliphatic heterocycles. The largest absolute Gasteiger partial charge is 0.494 e. The Bertz CT molecular complexity index is 1070. The van der Waals surface area contributed by atoms with E-state index in [1.165, 1.54) is 49.7 Å². The number of benzene rings is 3. The van der Waals surface area contributed by atoms with Gasteiger partial charge in [0.25, 0.3) is 0 Å². The zero-order valence-electron chi connectivity index (χ0n) is 24.1. The lowest BCUT2D eigenvalue weighted by Gasteiger charge is -2.20. The molecular weight excluding hydrogens is 509 g/mol. The number of hydrogen-bond donors (Lipinski definition) is 0. The van der Waals surface area contributed by atoms with Gasteiger partial charge in [0, 0.05) is 0 Å². The number of aryl methyl sites for hydroxylation is 1. The van der Waals surface area contributed by atoms with Crippen LogP contribution >= 0.6 is 0 Å². The molecule has 3 rings (SSSR count). The van der Waals surface area contributed by atoms with Gasteiger partial charge in [-0.1, -0.05) is 107 Å². The van der Waals surface area contributed by atoms with Crippen LogP contribution in [0.1, 0.15) is 89.2 Å². The summed E-state index contributed by atoms with van der Waals surface area (Å²) < 4.78 is 51.1. The summed E-state index contributed by atoms with van der Waals surface area (Å²) in [7, 11) is 0. The number of halogens is 3. The quantitative estimate of drug-likeness (QED) is 0.146. The van der Waals surface area contributed by atoms with Crippen LogP contribution in [0.5, 0.6) is 11.5 Å². The highest BCUT2D eigenvalue weighted by atomic mass is 19.4. The molecular formula is C35H45F3O2. The van der Waals surface area contributed by atoms with E-state index in [0.717, 1.165) is 29.7 Å². The molecule has 5 heteroatoms. The summed E-state index contributed by atoms with van der Waals surface area (Å²) in [5, 5.41) is 0. The summed E-state index contributed by atoms with van der Waals surface area (Å²) >= 11 is 0. The fraction of sp³-hybridized carbons (Fsp3) is 0.486. The second-order valence-electron chi connectivity index (χ2n) is 10.7. The Hall–Kier alpha value is -2.95. The average Bonchev–Trinajstić information content (AvgIpc) is 2.96. The van der Waals surface area contributed by atoms with Crippen molar-refractivity contribution in [1.29, 1.82) is 0 Å². The van der Waals surface area contributed by atoms with Gasteiger partial charge < -0.3 is 9.47 Å². The first kappa shape index (κ1) is 31.6. The fourth-order valence-corrected chi connectivity index (χ4v) is 4.81. The van der Waals surface area contributed by atoms with Gasteiger partial charge in [0.1, 0.15) is 18.1 Å². The van der Waals surface area contributed by atoms with Gasteiger partial charge in [-0.25, -0.2) is 0 Å². The molecule has 40 heavy (non-hydrogen) atoms. The van der Waals surface area contributed by atoms with Crippen LogP contribution in [0, 0.1) is 5.92 Å². The summed E-state index contributed by atoms with van der Waals surface area (Å²) in [4.78, 5) is 0. The standard InChI is InChI=1S/C35H45F3O2/c1-3-5-7-8-9-10-11-28-13-17-30(18-14-28)31-19-23-34(24-20-31)40-27-29-15-21-33(22-16-29)39-26-25-32(12-6-4-2)35(36,37)38/h13-24,32H,3-12,25-27H2,1-2H3. The highest BCUT2D eigenvalue weighted by Gasteiger charge is 2.38. The van der Waals surface area contributed by atoms with Gasteiger partial charge in [-0.05, 0) is 72.2 Å². The predicted octanol–water partition coefficient (Wildman–Crippen LogP) is 11.0. The molecule has 0 amide bonds. The Labute approximate surface area is 238 Å². The molecule has 218 valence electrons. The van der Waals surface area contributed by atoms with E-state index in [4.69, 9.17) is 9.47 Å². The predicted molar refractivity (Wildman–Crippen MR) is 159 cm³/mol. The van der Waals surface area contributed by atoms with Crippen molar-refractivity contribution in [3.05, 3.63) is 83.9 Å². The van der Waals surface area contributed by atoms with E-state index in [0.29, 0.717) is 18.8 Å². The van der Waals surface area contributed by atoms with E-state index < -0.39 is 12.1 Å². The molecule has 3 aromatic rings. The maximum atomic E-state index is 13.2. The molecule has 0 heterocycles. The molecule has 0 spiro atoms. The normalized spacial score (nSPS) is 12.3. The summed E-state index contributed by atoms with van der Waals surface area (Å²) in [6.45, 7) is 4.61. The van der Waals surface area contributed by atoms with Crippen molar-refractivity contribution < 1.29 is 22.6 Å². The van der Waals surface area contributed by atoms with Crippen molar-refractivity contribution >= 4 is 0 Å². The molecule has 0 fully saturated rings. The van der Waals surface area contributed by atoms with Gasteiger partial charge in [-0.2, -0.15) is 13.2 Å². The van der Waals surface area contributed by atoms with Crippen molar-refractivity contribution in [3.8, 4) is 22.6 Å². The molecule has 2 nitrogen and oxygen atoms in total. The van der Waals surface area contributed by atoms with Crippen molar-refractivity contribution in [2.75, 3.05) is 6.61 Å². The fourth-order valence-electron chi connectivity index (χ4n) is 4.81. The Morgan fingerprint density at radius 2 is 1.10 bits per heavy atom. The number of unbranched alkanes of at least 4 members (excludes halogenated alkanes) is 6. The number of hydrogen-bond acceptors (Lipinski definition) is 2. The highest BCUT2D eigenvalue weighted by Crippen LogP contribution is 2.33. The van der Waals surface area contributed by atoms with Crippen molar-refractivity contribution in [3.63, 3.8) is 0 Å². The molecule has 0 aliphatic carbocycles. The molecule has 0 saturated carbocycles. The third kappa shape index (κ3) is 11.3. The van der Waals surface area contributed by atoms with Crippen LogP contribution in [-0.4, -0.2) is 12.8 Å². The molecule has 1 atom stereocenters. The first-order valence-corrected chi connectivity index (χ1v) is 15.0. The first-order chi connectivity index (χ1) is 19.4. The lowest BCUT2D eigenvalue weighted by atomic mass is 9.98. The topological polar surface area (TPSA) is 18.5 Å². The van der Waals surface area contributed by atoms with Gasteiger partial charge in [0.2, 0.25) is 0 Å². The van der Waals surface area contributed by atoms with Crippen LogP contribution in [0.4, 0.5) is 13.2 Å². The zero-order valence-corrected chi connectivity index (χ0v) is 24.1. The zero-order chi connectivity index (χ0) is 28.6. The minimum atomic E-state index is -4.17. The Morgan fingerprint density at radius 1 is 0.575 bits per heavy atom. The Kier molecular flexibility index (Phi) is 13.4. The van der Waals surface area contributed by atoms with Crippen LogP contribution in [0.2, 0.25) is 0 Å². The molecule has 0 aliphatic rings. The second-order valence-corrected chi connectivity index (χ2v) is 10.7. The first-order valence-electron chi connectivity index (χ1n) is 15.0. The lowest BCUT2D eigenvalue weighted by Crippen LogP contribution is -2.24. The Morgan fingerprint density at radius 3 is 1.73 bits per heavy atom. The minimum Gasteiger partial charge on any atom is -0.494 e.